The highest BCUT2D eigenvalue weighted by molar-refractivity contribution is 5.81. The summed E-state index contributed by atoms with van der Waals surface area (Å²) >= 11 is 0. The maximum absolute atomic E-state index is 11.9. The summed E-state index contributed by atoms with van der Waals surface area (Å²) < 4.78 is 5.42. The fraction of sp³-hybridized carbons (Fsp3) is 0.909. The normalized spacial score (nSPS) is 32.7. The minimum Gasteiger partial charge on any atom is -0.368 e. The number of hydrogen-bond donors (Lipinski definition) is 2. The van der Waals surface area contributed by atoms with Crippen molar-refractivity contribution in [3.63, 3.8) is 0 Å². The van der Waals surface area contributed by atoms with Crippen LogP contribution in [0.15, 0.2) is 0 Å². The van der Waals surface area contributed by atoms with Gasteiger partial charge in [0.05, 0.1) is 0 Å². The van der Waals surface area contributed by atoms with Crippen molar-refractivity contribution in [1.29, 1.82) is 0 Å². The first kappa shape index (κ1) is 10.9. The molecule has 86 valence electrons. The highest BCUT2D eigenvalue weighted by atomic mass is 16.5. The van der Waals surface area contributed by atoms with Crippen molar-refractivity contribution in [1.82, 2.24) is 5.32 Å². The van der Waals surface area contributed by atoms with Crippen molar-refractivity contribution in [3.05, 3.63) is 0 Å². The minimum atomic E-state index is -0.252. The molecule has 1 heterocycles. The zero-order chi connectivity index (χ0) is 10.8. The molecular formula is C11H20N2O2. The number of amides is 1. The van der Waals surface area contributed by atoms with Gasteiger partial charge < -0.3 is 15.8 Å². The van der Waals surface area contributed by atoms with Crippen LogP contribution in [0, 0.1) is 11.8 Å². The van der Waals surface area contributed by atoms with Gasteiger partial charge in [-0.1, -0.05) is 6.92 Å². The van der Waals surface area contributed by atoms with Gasteiger partial charge in [-0.3, -0.25) is 4.79 Å². The van der Waals surface area contributed by atoms with Gasteiger partial charge in [0.25, 0.3) is 0 Å². The average Bonchev–Trinajstić information content (AvgIpc) is 2.97. The van der Waals surface area contributed by atoms with E-state index in [2.05, 4.69) is 12.2 Å². The molecule has 4 nitrogen and oxygen atoms in total. The molecule has 1 aliphatic heterocycles. The number of hydrogen-bond acceptors (Lipinski definition) is 3. The van der Waals surface area contributed by atoms with E-state index in [0.29, 0.717) is 25.0 Å². The molecule has 3 unspecified atom stereocenters. The van der Waals surface area contributed by atoms with Crippen LogP contribution in [-0.2, 0) is 9.53 Å². The second-order valence-corrected chi connectivity index (χ2v) is 4.75. The molecule has 1 saturated heterocycles. The summed E-state index contributed by atoms with van der Waals surface area (Å²) in [6, 6.07) is 0.161. The largest absolute Gasteiger partial charge is 0.368 e. The summed E-state index contributed by atoms with van der Waals surface area (Å²) in [5, 5.41) is 3.01. The molecule has 1 aliphatic carbocycles. The van der Waals surface area contributed by atoms with Gasteiger partial charge in [-0.15, -0.1) is 0 Å². The maximum atomic E-state index is 11.9. The van der Waals surface area contributed by atoms with Gasteiger partial charge in [-0.2, -0.15) is 0 Å². The zero-order valence-electron chi connectivity index (χ0n) is 9.24. The second kappa shape index (κ2) is 4.49. The maximum Gasteiger partial charge on any atom is 0.249 e. The van der Waals surface area contributed by atoms with E-state index in [1.54, 1.807) is 0 Å². The van der Waals surface area contributed by atoms with Crippen LogP contribution in [0.4, 0.5) is 0 Å². The number of rotatable bonds is 4. The fourth-order valence-electron chi connectivity index (χ4n) is 2.16. The van der Waals surface area contributed by atoms with E-state index in [4.69, 9.17) is 10.5 Å². The van der Waals surface area contributed by atoms with Crippen LogP contribution < -0.4 is 11.1 Å². The highest BCUT2D eigenvalue weighted by Crippen LogP contribution is 2.32. The summed E-state index contributed by atoms with van der Waals surface area (Å²) in [5.41, 5.74) is 5.64. The monoisotopic (exact) mass is 212 g/mol. The van der Waals surface area contributed by atoms with Crippen molar-refractivity contribution in [2.75, 3.05) is 13.2 Å². The van der Waals surface area contributed by atoms with Crippen LogP contribution in [0.3, 0.4) is 0 Å². The molecule has 0 bridgehead atoms. The Labute approximate surface area is 90.5 Å². The van der Waals surface area contributed by atoms with Gasteiger partial charge in [-0.25, -0.2) is 0 Å². The number of nitrogens with two attached hydrogens (primary N) is 1. The Morgan fingerprint density at radius 2 is 2.27 bits per heavy atom. The molecule has 1 saturated carbocycles. The molecule has 3 atom stereocenters. The molecule has 3 N–H and O–H groups in total. The molecule has 0 radical (unpaired) electrons. The molecule has 2 rings (SSSR count). The van der Waals surface area contributed by atoms with Crippen molar-refractivity contribution in [2.24, 2.45) is 17.6 Å². The summed E-state index contributed by atoms with van der Waals surface area (Å²) in [4.78, 5) is 11.9. The van der Waals surface area contributed by atoms with Gasteiger partial charge in [0.15, 0.2) is 0 Å². The first-order valence-electron chi connectivity index (χ1n) is 5.84. The Balaban J connectivity index is 1.84. The van der Waals surface area contributed by atoms with Crippen molar-refractivity contribution in [2.45, 2.75) is 38.3 Å². The van der Waals surface area contributed by atoms with Crippen LogP contribution in [-0.4, -0.2) is 31.2 Å². The SMILES string of the molecule is CC1CCOC1C(=O)NC(CN)C1CC1. The Morgan fingerprint density at radius 3 is 2.73 bits per heavy atom. The Kier molecular flexibility index (Phi) is 3.26. The third kappa shape index (κ3) is 2.49. The molecule has 0 aromatic rings. The number of carbonyl (C=O) groups excluding carboxylic acids is 1. The second-order valence-electron chi connectivity index (χ2n) is 4.75. The van der Waals surface area contributed by atoms with E-state index in [9.17, 15) is 4.79 Å². The number of nitrogens with one attached hydrogen (secondary N) is 1. The van der Waals surface area contributed by atoms with Gasteiger partial charge in [0, 0.05) is 19.2 Å². The smallest absolute Gasteiger partial charge is 0.249 e. The highest BCUT2D eigenvalue weighted by Gasteiger charge is 2.36. The summed E-state index contributed by atoms with van der Waals surface area (Å²) in [5.74, 6) is 0.973. The Morgan fingerprint density at radius 1 is 1.53 bits per heavy atom. The minimum absolute atomic E-state index is 0.0300. The summed E-state index contributed by atoms with van der Waals surface area (Å²) in [6.45, 7) is 3.30. The van der Waals surface area contributed by atoms with Gasteiger partial charge in [-0.05, 0) is 31.1 Å². The van der Waals surface area contributed by atoms with E-state index in [1.165, 1.54) is 12.8 Å². The third-order valence-electron chi connectivity index (χ3n) is 3.42. The predicted octanol–water partition coefficient (Wildman–Crippen LogP) is 0.265. The van der Waals surface area contributed by atoms with Crippen molar-refractivity contribution >= 4 is 5.91 Å². The van der Waals surface area contributed by atoms with E-state index < -0.39 is 0 Å². The molecule has 2 fully saturated rings. The third-order valence-corrected chi connectivity index (χ3v) is 3.42. The first-order chi connectivity index (χ1) is 7.22. The average molecular weight is 212 g/mol. The first-order valence-corrected chi connectivity index (χ1v) is 5.84. The van der Waals surface area contributed by atoms with Crippen molar-refractivity contribution < 1.29 is 9.53 Å². The van der Waals surface area contributed by atoms with Gasteiger partial charge >= 0.3 is 0 Å². The lowest BCUT2D eigenvalue weighted by molar-refractivity contribution is -0.132. The van der Waals surface area contributed by atoms with Crippen molar-refractivity contribution in [3.8, 4) is 0 Å². The summed E-state index contributed by atoms with van der Waals surface area (Å²) in [7, 11) is 0. The Hall–Kier alpha value is -0.610. The molecule has 2 aliphatic rings. The van der Waals surface area contributed by atoms with E-state index in [-0.39, 0.29) is 18.1 Å². The molecule has 15 heavy (non-hydrogen) atoms. The molecule has 0 aromatic heterocycles. The molecule has 0 aromatic carbocycles. The van der Waals surface area contributed by atoms with Crippen LogP contribution in [0.5, 0.6) is 0 Å². The lowest BCUT2D eigenvalue weighted by Crippen LogP contribution is -2.47. The van der Waals surface area contributed by atoms with E-state index >= 15 is 0 Å². The standard InChI is InChI=1S/C11H20N2O2/c1-7-4-5-15-10(7)11(14)13-9(6-12)8-2-3-8/h7-10H,2-6,12H2,1H3,(H,13,14). The molecular weight excluding hydrogens is 192 g/mol. The van der Waals surface area contributed by atoms with Gasteiger partial charge in [0.1, 0.15) is 6.10 Å². The number of ether oxygens (including phenoxy) is 1. The number of carbonyl (C=O) groups is 1. The van der Waals surface area contributed by atoms with Crippen LogP contribution in [0.25, 0.3) is 0 Å². The summed E-state index contributed by atoms with van der Waals surface area (Å²) in [6.07, 6.45) is 3.12. The van der Waals surface area contributed by atoms with Crippen LogP contribution in [0.2, 0.25) is 0 Å². The quantitative estimate of drug-likeness (QED) is 0.703. The molecule has 0 spiro atoms. The predicted molar refractivity (Wildman–Crippen MR) is 57.2 cm³/mol. The van der Waals surface area contributed by atoms with E-state index in [1.807, 2.05) is 0 Å². The topological polar surface area (TPSA) is 64.3 Å². The molecule has 1 amide bonds. The molecule has 4 heteroatoms. The van der Waals surface area contributed by atoms with E-state index in [0.717, 1.165) is 6.42 Å². The lowest BCUT2D eigenvalue weighted by atomic mass is 10.0. The van der Waals surface area contributed by atoms with Gasteiger partial charge in [0.2, 0.25) is 5.91 Å². The van der Waals surface area contributed by atoms with Crippen LogP contribution in [0.1, 0.15) is 26.2 Å². The fourth-order valence-corrected chi connectivity index (χ4v) is 2.16. The Bertz CT molecular complexity index is 241. The lowest BCUT2D eigenvalue weighted by Gasteiger charge is -2.20. The van der Waals surface area contributed by atoms with Crippen LogP contribution >= 0.6 is 0 Å². The zero-order valence-corrected chi connectivity index (χ0v) is 9.24.